The predicted octanol–water partition coefficient (Wildman–Crippen LogP) is 2.32. The molecule has 3 rings (SSSR count). The molecule has 2 aromatic rings. The number of aromatic nitrogens is 2. The Morgan fingerprint density at radius 1 is 1.13 bits per heavy atom. The zero-order valence-electron chi connectivity index (χ0n) is 19.0. The van der Waals surface area contributed by atoms with Crippen LogP contribution in [0.25, 0.3) is 0 Å². The number of nitrogens with zero attached hydrogens (tertiary/aromatic N) is 4. The van der Waals surface area contributed by atoms with E-state index in [1.807, 2.05) is 13.1 Å². The van der Waals surface area contributed by atoms with E-state index in [1.54, 1.807) is 0 Å². The van der Waals surface area contributed by atoms with Crippen LogP contribution >= 0.6 is 0 Å². The van der Waals surface area contributed by atoms with Crippen molar-refractivity contribution in [3.8, 4) is 0 Å². The van der Waals surface area contributed by atoms with Gasteiger partial charge in [0.1, 0.15) is 0 Å². The molecule has 1 aromatic carbocycles. The maximum absolute atomic E-state index is 5.48. The molecule has 1 aliphatic heterocycles. The van der Waals surface area contributed by atoms with Crippen LogP contribution in [0.2, 0.25) is 0 Å². The number of hydrogen-bond acceptors (Lipinski definition) is 4. The van der Waals surface area contributed by atoms with E-state index in [0.717, 1.165) is 51.0 Å². The van der Waals surface area contributed by atoms with E-state index in [0.29, 0.717) is 6.54 Å². The molecule has 7 nitrogen and oxygen atoms in total. The summed E-state index contributed by atoms with van der Waals surface area (Å²) in [5.41, 5.74) is 4.76. The number of ether oxygens (including phenoxy) is 1. The van der Waals surface area contributed by atoms with Gasteiger partial charge in [0.15, 0.2) is 5.96 Å². The first-order valence-electron chi connectivity index (χ1n) is 10.7. The lowest BCUT2D eigenvalue weighted by atomic mass is 10.0. The Bertz CT molecular complexity index is 837. The standard InChI is InChI=1S/C23H36N6O/c1-18-21(19(2)29(27-18)16-20-9-7-6-8-10-20)15-25-22(24-5)26-17-23(3,4)28-11-13-30-14-12-28/h6-10H,11-17H2,1-5H3,(H2,24,25,26). The predicted molar refractivity (Wildman–Crippen MR) is 122 cm³/mol. The van der Waals surface area contributed by atoms with Crippen LogP contribution in [0.4, 0.5) is 0 Å². The highest BCUT2D eigenvalue weighted by molar-refractivity contribution is 5.79. The van der Waals surface area contributed by atoms with E-state index in [-0.39, 0.29) is 5.54 Å². The van der Waals surface area contributed by atoms with Crippen LogP contribution in [0.5, 0.6) is 0 Å². The highest BCUT2D eigenvalue weighted by atomic mass is 16.5. The van der Waals surface area contributed by atoms with E-state index >= 15 is 0 Å². The Morgan fingerprint density at radius 2 is 1.83 bits per heavy atom. The molecule has 1 aliphatic rings. The van der Waals surface area contributed by atoms with Gasteiger partial charge < -0.3 is 15.4 Å². The number of aryl methyl sites for hydroxylation is 1. The first-order chi connectivity index (χ1) is 14.4. The quantitative estimate of drug-likeness (QED) is 0.540. The van der Waals surface area contributed by atoms with Crippen molar-refractivity contribution >= 4 is 5.96 Å². The first kappa shape index (κ1) is 22.3. The summed E-state index contributed by atoms with van der Waals surface area (Å²) < 4.78 is 7.57. The fourth-order valence-corrected chi connectivity index (χ4v) is 3.87. The molecule has 0 aliphatic carbocycles. The molecule has 30 heavy (non-hydrogen) atoms. The Hall–Kier alpha value is -2.38. The molecule has 164 valence electrons. The molecule has 0 bridgehead atoms. The minimum Gasteiger partial charge on any atom is -0.379 e. The second-order valence-electron chi connectivity index (χ2n) is 8.48. The number of rotatable bonds is 7. The maximum Gasteiger partial charge on any atom is 0.191 e. The molecule has 2 heterocycles. The maximum atomic E-state index is 5.48. The SMILES string of the molecule is CN=C(NCc1c(C)nn(Cc2ccccc2)c1C)NCC(C)(C)N1CCOCC1. The van der Waals surface area contributed by atoms with Crippen LogP contribution < -0.4 is 10.6 Å². The molecule has 1 aromatic heterocycles. The van der Waals surface area contributed by atoms with Gasteiger partial charge in [0.2, 0.25) is 0 Å². The number of guanidine groups is 1. The summed E-state index contributed by atoms with van der Waals surface area (Å²) in [5, 5.41) is 11.7. The van der Waals surface area contributed by atoms with Gasteiger partial charge in [0.05, 0.1) is 25.5 Å². The largest absolute Gasteiger partial charge is 0.379 e. The van der Waals surface area contributed by atoms with Gasteiger partial charge in [-0.3, -0.25) is 14.6 Å². The van der Waals surface area contributed by atoms with Gasteiger partial charge in [-0.15, -0.1) is 0 Å². The van der Waals surface area contributed by atoms with E-state index in [4.69, 9.17) is 9.84 Å². The number of benzene rings is 1. The molecular weight excluding hydrogens is 376 g/mol. The molecule has 2 N–H and O–H groups in total. The van der Waals surface area contributed by atoms with E-state index in [9.17, 15) is 0 Å². The second kappa shape index (κ2) is 10.1. The molecule has 7 heteroatoms. The molecule has 0 radical (unpaired) electrons. The summed E-state index contributed by atoms with van der Waals surface area (Å²) >= 11 is 0. The lowest BCUT2D eigenvalue weighted by Gasteiger charge is -2.41. The highest BCUT2D eigenvalue weighted by Crippen LogP contribution is 2.16. The third-order valence-electron chi connectivity index (χ3n) is 5.92. The Morgan fingerprint density at radius 3 is 2.50 bits per heavy atom. The summed E-state index contributed by atoms with van der Waals surface area (Å²) in [6.45, 7) is 14.6. The van der Waals surface area contributed by atoms with Crippen LogP contribution in [0, 0.1) is 13.8 Å². The highest BCUT2D eigenvalue weighted by Gasteiger charge is 2.28. The fourth-order valence-electron chi connectivity index (χ4n) is 3.87. The number of aliphatic imine (C=N–C) groups is 1. The molecule has 0 unspecified atom stereocenters. The van der Waals surface area contributed by atoms with Crippen molar-refractivity contribution in [2.45, 2.75) is 46.3 Å². The third kappa shape index (κ3) is 5.61. The van der Waals surface area contributed by atoms with E-state index < -0.39 is 0 Å². The fraction of sp³-hybridized carbons (Fsp3) is 0.565. The molecule has 0 saturated carbocycles. The van der Waals surface area contributed by atoms with Crippen molar-refractivity contribution in [1.29, 1.82) is 0 Å². The lowest BCUT2D eigenvalue weighted by molar-refractivity contribution is -0.00834. The van der Waals surface area contributed by atoms with Crippen LogP contribution in [0.1, 0.15) is 36.4 Å². The monoisotopic (exact) mass is 412 g/mol. The Kier molecular flexibility index (Phi) is 7.50. The average Bonchev–Trinajstić information content (AvgIpc) is 3.02. The average molecular weight is 413 g/mol. The van der Waals surface area contributed by atoms with Gasteiger partial charge in [-0.25, -0.2) is 0 Å². The van der Waals surface area contributed by atoms with Gasteiger partial charge in [0, 0.05) is 50.0 Å². The third-order valence-corrected chi connectivity index (χ3v) is 5.92. The molecule has 1 saturated heterocycles. The zero-order valence-corrected chi connectivity index (χ0v) is 19.0. The van der Waals surface area contributed by atoms with Gasteiger partial charge in [-0.1, -0.05) is 30.3 Å². The van der Waals surface area contributed by atoms with Crippen LogP contribution in [-0.4, -0.2) is 66.1 Å². The summed E-state index contributed by atoms with van der Waals surface area (Å²) in [6, 6.07) is 10.4. The number of nitrogens with one attached hydrogen (secondary N) is 2. The zero-order chi connectivity index (χ0) is 21.6. The van der Waals surface area contributed by atoms with Gasteiger partial charge in [-0.05, 0) is 33.3 Å². The molecular formula is C23H36N6O. The van der Waals surface area contributed by atoms with Crippen molar-refractivity contribution in [2.24, 2.45) is 4.99 Å². The molecule has 0 atom stereocenters. The minimum atomic E-state index is 0.0355. The number of morpholine rings is 1. The summed E-state index contributed by atoms with van der Waals surface area (Å²) in [7, 11) is 1.82. The molecule has 0 amide bonds. The summed E-state index contributed by atoms with van der Waals surface area (Å²) in [6.07, 6.45) is 0. The summed E-state index contributed by atoms with van der Waals surface area (Å²) in [5.74, 6) is 0.811. The Labute approximate surface area is 180 Å². The molecule has 0 spiro atoms. The van der Waals surface area contributed by atoms with Crippen molar-refractivity contribution < 1.29 is 4.74 Å². The summed E-state index contributed by atoms with van der Waals surface area (Å²) in [4.78, 5) is 6.88. The first-order valence-corrected chi connectivity index (χ1v) is 10.7. The van der Waals surface area contributed by atoms with E-state index in [1.165, 1.54) is 16.8 Å². The van der Waals surface area contributed by atoms with Gasteiger partial charge in [0.25, 0.3) is 0 Å². The van der Waals surface area contributed by atoms with Crippen LogP contribution in [0.3, 0.4) is 0 Å². The topological polar surface area (TPSA) is 66.7 Å². The van der Waals surface area contributed by atoms with Crippen molar-refractivity contribution in [3.05, 3.63) is 52.8 Å². The normalized spacial score (nSPS) is 16.0. The van der Waals surface area contributed by atoms with Crippen molar-refractivity contribution in [2.75, 3.05) is 39.9 Å². The van der Waals surface area contributed by atoms with E-state index in [2.05, 4.69) is 77.2 Å². The number of hydrogen-bond donors (Lipinski definition) is 2. The van der Waals surface area contributed by atoms with Crippen LogP contribution in [0.15, 0.2) is 35.3 Å². The van der Waals surface area contributed by atoms with Crippen molar-refractivity contribution in [3.63, 3.8) is 0 Å². The lowest BCUT2D eigenvalue weighted by Crippen LogP contribution is -2.56. The molecule has 1 fully saturated rings. The van der Waals surface area contributed by atoms with Gasteiger partial charge >= 0.3 is 0 Å². The van der Waals surface area contributed by atoms with Gasteiger partial charge in [-0.2, -0.15) is 5.10 Å². The second-order valence-corrected chi connectivity index (χ2v) is 8.48. The van der Waals surface area contributed by atoms with Crippen LogP contribution in [-0.2, 0) is 17.8 Å². The smallest absolute Gasteiger partial charge is 0.191 e. The minimum absolute atomic E-state index is 0.0355. The van der Waals surface area contributed by atoms with Crippen molar-refractivity contribution in [1.82, 2.24) is 25.3 Å². The Balaban J connectivity index is 1.57.